The fraction of sp³-hybridized carbons (Fsp3) is 0.133. The molecular weight excluding hydrogens is 381 g/mol. The monoisotopic (exact) mass is 395 g/mol. The van der Waals surface area contributed by atoms with Crippen molar-refractivity contribution in [2.75, 3.05) is 0 Å². The van der Waals surface area contributed by atoms with Gasteiger partial charge in [0.15, 0.2) is 0 Å². The van der Waals surface area contributed by atoms with Crippen LogP contribution in [0, 0.1) is 3.57 Å². The van der Waals surface area contributed by atoms with Crippen LogP contribution < -0.4 is 11.1 Å². The molecule has 0 unspecified atom stereocenters. The molecule has 1 atom stereocenters. The molecule has 0 bridgehead atoms. The van der Waals surface area contributed by atoms with Crippen molar-refractivity contribution in [1.82, 2.24) is 10.3 Å². The molecule has 3 N–H and O–H groups in total. The van der Waals surface area contributed by atoms with Gasteiger partial charge < -0.3 is 11.1 Å². The lowest BCUT2D eigenvalue weighted by molar-refractivity contribution is -0.119. The number of benzene rings is 1. The molecule has 1 aromatic carbocycles. The molecule has 108 valence electrons. The van der Waals surface area contributed by atoms with E-state index in [1.165, 1.54) is 12.4 Å². The maximum atomic E-state index is 12.1. The molecule has 1 heterocycles. The number of nitrogens with zero attached hydrogens (tertiary/aromatic N) is 1. The highest BCUT2D eigenvalue weighted by atomic mass is 127. The van der Waals surface area contributed by atoms with Crippen molar-refractivity contribution >= 4 is 34.4 Å². The lowest BCUT2D eigenvalue weighted by atomic mass is 10.1. The Morgan fingerprint density at radius 3 is 2.48 bits per heavy atom. The van der Waals surface area contributed by atoms with Crippen LogP contribution in [0.4, 0.5) is 0 Å². The highest BCUT2D eigenvalue weighted by Crippen LogP contribution is 2.13. The van der Waals surface area contributed by atoms with E-state index in [9.17, 15) is 9.59 Å². The van der Waals surface area contributed by atoms with E-state index in [0.29, 0.717) is 12.0 Å². The number of primary amides is 1. The molecule has 0 spiro atoms. The Morgan fingerprint density at radius 2 is 1.86 bits per heavy atom. The van der Waals surface area contributed by atoms with E-state index in [1.807, 2.05) is 24.3 Å². The summed E-state index contributed by atoms with van der Waals surface area (Å²) in [7, 11) is 0. The molecular formula is C15H14IN3O2. The summed E-state index contributed by atoms with van der Waals surface area (Å²) in [6.45, 7) is 0. The van der Waals surface area contributed by atoms with Gasteiger partial charge in [0.1, 0.15) is 6.04 Å². The third kappa shape index (κ3) is 4.25. The van der Waals surface area contributed by atoms with Crippen molar-refractivity contribution in [3.8, 4) is 0 Å². The molecule has 0 radical (unpaired) electrons. The molecule has 0 fully saturated rings. The Kier molecular flexibility index (Phi) is 5.26. The Hall–Kier alpha value is -1.96. The second kappa shape index (κ2) is 7.16. The van der Waals surface area contributed by atoms with Crippen molar-refractivity contribution in [2.24, 2.45) is 5.73 Å². The highest BCUT2D eigenvalue weighted by Gasteiger charge is 2.20. The van der Waals surface area contributed by atoms with E-state index in [4.69, 9.17) is 5.73 Å². The Bertz CT molecular complexity index is 646. The first-order valence-corrected chi connectivity index (χ1v) is 7.39. The van der Waals surface area contributed by atoms with E-state index >= 15 is 0 Å². The van der Waals surface area contributed by atoms with Gasteiger partial charge in [0.05, 0.1) is 0 Å². The van der Waals surface area contributed by atoms with Gasteiger partial charge in [-0.1, -0.05) is 18.2 Å². The van der Waals surface area contributed by atoms with E-state index in [1.54, 1.807) is 12.1 Å². The van der Waals surface area contributed by atoms with Gasteiger partial charge in [-0.05, 0) is 46.4 Å². The zero-order valence-corrected chi connectivity index (χ0v) is 13.3. The topological polar surface area (TPSA) is 85.1 Å². The van der Waals surface area contributed by atoms with Gasteiger partial charge in [-0.15, -0.1) is 0 Å². The molecule has 0 aliphatic heterocycles. The first-order chi connectivity index (χ1) is 10.1. The van der Waals surface area contributed by atoms with Gasteiger partial charge in [-0.25, -0.2) is 0 Å². The molecule has 0 saturated carbocycles. The van der Waals surface area contributed by atoms with Crippen LogP contribution in [0.15, 0.2) is 48.8 Å². The van der Waals surface area contributed by atoms with E-state index in [2.05, 4.69) is 32.9 Å². The largest absolute Gasteiger partial charge is 0.368 e. The lowest BCUT2D eigenvalue weighted by Crippen LogP contribution is -2.46. The van der Waals surface area contributed by atoms with Crippen LogP contribution in [0.5, 0.6) is 0 Å². The summed E-state index contributed by atoms with van der Waals surface area (Å²) in [5.74, 6) is -0.899. The molecule has 0 aliphatic rings. The van der Waals surface area contributed by atoms with E-state index in [0.717, 1.165) is 9.13 Å². The van der Waals surface area contributed by atoms with Gasteiger partial charge in [0.2, 0.25) is 5.91 Å². The minimum atomic E-state index is -0.749. The molecule has 1 aromatic heterocycles. The molecule has 0 aliphatic carbocycles. The number of aromatic nitrogens is 1. The summed E-state index contributed by atoms with van der Waals surface area (Å²) in [6.07, 6.45) is 3.41. The van der Waals surface area contributed by atoms with Crippen molar-refractivity contribution in [3.05, 3.63) is 63.5 Å². The number of rotatable bonds is 5. The average molecular weight is 395 g/mol. The fourth-order valence-electron chi connectivity index (χ4n) is 1.85. The van der Waals surface area contributed by atoms with Crippen LogP contribution in [0.3, 0.4) is 0 Å². The van der Waals surface area contributed by atoms with Gasteiger partial charge >= 0.3 is 0 Å². The number of nitrogens with two attached hydrogens (primary N) is 1. The molecule has 21 heavy (non-hydrogen) atoms. The molecule has 2 rings (SSSR count). The number of hydrogen-bond acceptors (Lipinski definition) is 3. The van der Waals surface area contributed by atoms with Crippen LogP contribution in [-0.4, -0.2) is 22.8 Å². The molecule has 6 heteroatoms. The number of nitrogens with one attached hydrogen (secondary N) is 1. The van der Waals surface area contributed by atoms with Crippen molar-refractivity contribution in [2.45, 2.75) is 12.5 Å². The predicted octanol–water partition coefficient (Wildman–Crippen LogP) is 1.51. The first-order valence-electron chi connectivity index (χ1n) is 6.31. The Labute approximate surface area is 136 Å². The summed E-state index contributed by atoms with van der Waals surface area (Å²) >= 11 is 2.19. The highest BCUT2D eigenvalue weighted by molar-refractivity contribution is 14.1. The molecule has 2 amide bonds. The second-order valence-electron chi connectivity index (χ2n) is 4.46. The minimum Gasteiger partial charge on any atom is -0.368 e. The standard InChI is InChI=1S/C15H14IN3O2/c16-12-4-2-1-3-11(12)9-13(14(17)20)19-15(21)10-5-7-18-8-6-10/h1-8,13H,9H2,(H2,17,20)(H,19,21)/t13-/m0/s1. The quantitative estimate of drug-likeness (QED) is 0.753. The smallest absolute Gasteiger partial charge is 0.252 e. The summed E-state index contributed by atoms with van der Waals surface area (Å²) < 4.78 is 1.03. The number of hydrogen-bond donors (Lipinski definition) is 2. The third-order valence-electron chi connectivity index (χ3n) is 2.97. The van der Waals surface area contributed by atoms with Crippen LogP contribution in [0.25, 0.3) is 0 Å². The van der Waals surface area contributed by atoms with Gasteiger partial charge in [0, 0.05) is 27.9 Å². The number of carbonyl (C=O) groups is 2. The normalized spacial score (nSPS) is 11.7. The van der Waals surface area contributed by atoms with Crippen LogP contribution in [0.1, 0.15) is 15.9 Å². The summed E-state index contributed by atoms with van der Waals surface area (Å²) in [5.41, 5.74) is 6.81. The minimum absolute atomic E-state index is 0.341. The lowest BCUT2D eigenvalue weighted by Gasteiger charge is -2.16. The van der Waals surface area contributed by atoms with Crippen LogP contribution in [0.2, 0.25) is 0 Å². The summed E-state index contributed by atoms with van der Waals surface area (Å²) in [4.78, 5) is 27.5. The Morgan fingerprint density at radius 1 is 1.19 bits per heavy atom. The summed E-state index contributed by atoms with van der Waals surface area (Å²) in [6, 6.07) is 10.1. The second-order valence-corrected chi connectivity index (χ2v) is 5.62. The maximum Gasteiger partial charge on any atom is 0.252 e. The summed E-state index contributed by atoms with van der Waals surface area (Å²) in [5, 5.41) is 2.66. The van der Waals surface area contributed by atoms with Crippen LogP contribution in [-0.2, 0) is 11.2 Å². The van der Waals surface area contributed by atoms with Crippen molar-refractivity contribution in [3.63, 3.8) is 0 Å². The number of amides is 2. The van der Waals surface area contributed by atoms with Gasteiger partial charge in [-0.2, -0.15) is 0 Å². The van der Waals surface area contributed by atoms with Gasteiger partial charge in [0.25, 0.3) is 5.91 Å². The molecule has 5 nitrogen and oxygen atoms in total. The van der Waals surface area contributed by atoms with Crippen LogP contribution >= 0.6 is 22.6 Å². The number of halogens is 1. The zero-order chi connectivity index (χ0) is 15.2. The predicted molar refractivity (Wildman–Crippen MR) is 87.5 cm³/mol. The average Bonchev–Trinajstić information content (AvgIpc) is 2.49. The number of carbonyl (C=O) groups excluding carboxylic acids is 2. The first kappa shape index (κ1) is 15.4. The van der Waals surface area contributed by atoms with Gasteiger partial charge in [-0.3, -0.25) is 14.6 Å². The molecule has 2 aromatic rings. The van der Waals surface area contributed by atoms with Crippen molar-refractivity contribution in [1.29, 1.82) is 0 Å². The number of pyridine rings is 1. The Balaban J connectivity index is 2.12. The molecule has 0 saturated heterocycles. The SMILES string of the molecule is NC(=O)[C@H](Cc1ccccc1I)NC(=O)c1ccncc1. The zero-order valence-electron chi connectivity index (χ0n) is 11.1. The van der Waals surface area contributed by atoms with E-state index in [-0.39, 0.29) is 5.91 Å². The van der Waals surface area contributed by atoms with E-state index < -0.39 is 11.9 Å². The maximum absolute atomic E-state index is 12.1. The fourth-order valence-corrected chi connectivity index (χ4v) is 2.46. The van der Waals surface area contributed by atoms with Crippen molar-refractivity contribution < 1.29 is 9.59 Å². The third-order valence-corrected chi connectivity index (χ3v) is 4.03.